The van der Waals surface area contributed by atoms with Gasteiger partial charge in [0.2, 0.25) is 10.0 Å². The molecule has 4 rings (SSSR count). The SMILES string of the molecule is CCCCS(=O)(=O)Nc1ccc(Nc2c3ccccc3nc3cc([N+](=O)[O-])ccc23)c(OC)c1. The van der Waals surface area contributed by atoms with Gasteiger partial charge in [0, 0.05) is 29.0 Å². The summed E-state index contributed by atoms with van der Waals surface area (Å²) in [6.07, 6.45) is 1.36. The van der Waals surface area contributed by atoms with E-state index < -0.39 is 14.9 Å². The van der Waals surface area contributed by atoms with Crippen LogP contribution in [-0.4, -0.2) is 31.2 Å². The number of hydrogen-bond acceptors (Lipinski definition) is 7. The van der Waals surface area contributed by atoms with Crippen molar-refractivity contribution in [2.75, 3.05) is 22.9 Å². The van der Waals surface area contributed by atoms with Crippen LogP contribution in [0.5, 0.6) is 5.75 Å². The number of benzene rings is 3. The monoisotopic (exact) mass is 480 g/mol. The van der Waals surface area contributed by atoms with Crippen molar-refractivity contribution in [1.82, 2.24) is 4.98 Å². The fraction of sp³-hybridized carbons (Fsp3) is 0.208. The third-order valence-electron chi connectivity index (χ3n) is 5.38. The number of para-hydroxylation sites is 1. The van der Waals surface area contributed by atoms with E-state index in [9.17, 15) is 18.5 Å². The lowest BCUT2D eigenvalue weighted by Crippen LogP contribution is -2.16. The van der Waals surface area contributed by atoms with Gasteiger partial charge in [-0.05, 0) is 30.7 Å². The first-order valence-electron chi connectivity index (χ1n) is 10.7. The van der Waals surface area contributed by atoms with Gasteiger partial charge in [0.25, 0.3) is 5.69 Å². The summed E-state index contributed by atoms with van der Waals surface area (Å²) in [7, 11) is -1.95. The van der Waals surface area contributed by atoms with E-state index in [1.807, 2.05) is 31.2 Å². The maximum absolute atomic E-state index is 12.3. The molecule has 0 saturated carbocycles. The van der Waals surface area contributed by atoms with Crippen LogP contribution in [0.4, 0.5) is 22.7 Å². The first-order chi connectivity index (χ1) is 16.3. The van der Waals surface area contributed by atoms with Gasteiger partial charge in [0.15, 0.2) is 0 Å². The number of aromatic nitrogens is 1. The molecule has 1 heterocycles. The normalized spacial score (nSPS) is 11.5. The van der Waals surface area contributed by atoms with Crippen molar-refractivity contribution in [2.24, 2.45) is 0 Å². The molecule has 176 valence electrons. The Morgan fingerprint density at radius 2 is 1.79 bits per heavy atom. The summed E-state index contributed by atoms with van der Waals surface area (Å²) in [4.78, 5) is 15.4. The highest BCUT2D eigenvalue weighted by Gasteiger charge is 2.16. The lowest BCUT2D eigenvalue weighted by molar-refractivity contribution is -0.384. The van der Waals surface area contributed by atoms with Crippen LogP contribution in [0, 0.1) is 10.1 Å². The molecule has 1 aromatic heterocycles. The third-order valence-corrected chi connectivity index (χ3v) is 6.75. The molecule has 0 fully saturated rings. The number of hydrogen-bond donors (Lipinski definition) is 2. The minimum absolute atomic E-state index is 0.0430. The molecule has 0 unspecified atom stereocenters. The molecular weight excluding hydrogens is 456 g/mol. The van der Waals surface area contributed by atoms with Crippen molar-refractivity contribution in [3.63, 3.8) is 0 Å². The Balaban J connectivity index is 1.77. The Kier molecular flexibility index (Phi) is 6.51. The summed E-state index contributed by atoms with van der Waals surface area (Å²) in [5.41, 5.74) is 2.84. The molecule has 34 heavy (non-hydrogen) atoms. The van der Waals surface area contributed by atoms with Crippen LogP contribution in [0.3, 0.4) is 0 Å². The second-order valence-electron chi connectivity index (χ2n) is 7.78. The molecule has 0 spiro atoms. The number of nitrogens with zero attached hydrogens (tertiary/aromatic N) is 2. The molecule has 10 heteroatoms. The quantitative estimate of drug-likeness (QED) is 0.182. The van der Waals surface area contributed by atoms with E-state index in [1.54, 1.807) is 24.3 Å². The van der Waals surface area contributed by atoms with Gasteiger partial charge >= 0.3 is 0 Å². The van der Waals surface area contributed by atoms with Crippen LogP contribution < -0.4 is 14.8 Å². The number of unbranched alkanes of at least 4 members (excludes halogenated alkanes) is 1. The molecular formula is C24H24N4O5S. The minimum atomic E-state index is -3.45. The van der Waals surface area contributed by atoms with Gasteiger partial charge in [-0.15, -0.1) is 0 Å². The van der Waals surface area contributed by atoms with Crippen molar-refractivity contribution in [3.05, 3.63) is 70.8 Å². The number of nitro groups is 1. The number of non-ortho nitro benzene ring substituents is 1. The number of anilines is 3. The van der Waals surface area contributed by atoms with Crippen LogP contribution in [0.15, 0.2) is 60.7 Å². The average Bonchev–Trinajstić information content (AvgIpc) is 2.82. The number of methoxy groups -OCH3 is 1. The molecule has 0 aliphatic carbocycles. The van der Waals surface area contributed by atoms with Crippen molar-refractivity contribution in [3.8, 4) is 5.75 Å². The Morgan fingerprint density at radius 3 is 2.53 bits per heavy atom. The van der Waals surface area contributed by atoms with E-state index in [2.05, 4.69) is 15.0 Å². The largest absolute Gasteiger partial charge is 0.494 e. The number of ether oxygens (including phenoxy) is 1. The Bertz CT molecular complexity index is 1490. The molecule has 9 nitrogen and oxygen atoms in total. The van der Waals surface area contributed by atoms with E-state index in [0.717, 1.165) is 11.8 Å². The molecule has 0 aliphatic rings. The molecule has 0 aliphatic heterocycles. The number of nitro benzene ring substituents is 1. The van der Waals surface area contributed by atoms with Crippen LogP contribution in [0.1, 0.15) is 19.8 Å². The van der Waals surface area contributed by atoms with Crippen LogP contribution in [-0.2, 0) is 10.0 Å². The molecule has 4 aromatic rings. The fourth-order valence-electron chi connectivity index (χ4n) is 3.69. The molecule has 3 aromatic carbocycles. The number of nitrogens with one attached hydrogen (secondary N) is 2. The average molecular weight is 481 g/mol. The van der Waals surface area contributed by atoms with E-state index >= 15 is 0 Å². The smallest absolute Gasteiger partial charge is 0.271 e. The number of sulfonamides is 1. The summed E-state index contributed by atoms with van der Waals surface area (Å²) in [6.45, 7) is 1.93. The maximum Gasteiger partial charge on any atom is 0.271 e. The summed E-state index contributed by atoms with van der Waals surface area (Å²) in [5.74, 6) is 0.485. The van der Waals surface area contributed by atoms with Crippen molar-refractivity contribution in [2.45, 2.75) is 19.8 Å². The Morgan fingerprint density at radius 1 is 1.03 bits per heavy atom. The molecule has 0 atom stereocenters. The standard InChI is InChI=1S/C24H24N4O5S/c1-3-4-13-34(31,32)27-16-9-12-21(23(14-16)33-2)26-24-18-7-5-6-8-20(18)25-22-15-17(28(29)30)10-11-19(22)24/h5-12,14-15,27H,3-4,13H2,1-2H3,(H,25,26). The highest BCUT2D eigenvalue weighted by Crippen LogP contribution is 2.38. The van der Waals surface area contributed by atoms with Crippen LogP contribution in [0.25, 0.3) is 21.8 Å². The highest BCUT2D eigenvalue weighted by atomic mass is 32.2. The number of pyridine rings is 1. The van der Waals surface area contributed by atoms with Crippen molar-refractivity contribution < 1.29 is 18.1 Å². The van der Waals surface area contributed by atoms with E-state index in [-0.39, 0.29) is 11.4 Å². The molecule has 0 bridgehead atoms. The zero-order valence-corrected chi connectivity index (χ0v) is 19.6. The third kappa shape index (κ3) is 4.86. The van der Waals surface area contributed by atoms with Gasteiger partial charge in [0.1, 0.15) is 5.75 Å². The van der Waals surface area contributed by atoms with Crippen molar-refractivity contribution in [1.29, 1.82) is 0 Å². The van der Waals surface area contributed by atoms with E-state index in [0.29, 0.717) is 45.7 Å². The molecule has 0 saturated heterocycles. The zero-order valence-electron chi connectivity index (χ0n) is 18.7. The van der Waals surface area contributed by atoms with Gasteiger partial charge in [0.05, 0.1) is 45.9 Å². The Hall–Kier alpha value is -3.92. The second-order valence-corrected chi connectivity index (χ2v) is 9.62. The van der Waals surface area contributed by atoms with Gasteiger partial charge in [-0.2, -0.15) is 0 Å². The van der Waals surface area contributed by atoms with Gasteiger partial charge in [-0.25, -0.2) is 13.4 Å². The summed E-state index contributed by atoms with van der Waals surface area (Å²) >= 11 is 0. The first-order valence-corrected chi connectivity index (χ1v) is 12.4. The van der Waals surface area contributed by atoms with Gasteiger partial charge < -0.3 is 10.1 Å². The first kappa shape index (κ1) is 23.2. The van der Waals surface area contributed by atoms with Crippen LogP contribution in [0.2, 0.25) is 0 Å². The second kappa shape index (κ2) is 9.52. The predicted molar refractivity (Wildman–Crippen MR) is 134 cm³/mol. The van der Waals surface area contributed by atoms with E-state index in [4.69, 9.17) is 4.74 Å². The number of rotatable bonds is 9. The molecule has 0 amide bonds. The highest BCUT2D eigenvalue weighted by molar-refractivity contribution is 7.92. The van der Waals surface area contributed by atoms with Gasteiger partial charge in [-0.3, -0.25) is 14.8 Å². The minimum Gasteiger partial charge on any atom is -0.494 e. The van der Waals surface area contributed by atoms with Crippen LogP contribution >= 0.6 is 0 Å². The summed E-state index contributed by atoms with van der Waals surface area (Å²) < 4.78 is 32.7. The summed E-state index contributed by atoms with van der Waals surface area (Å²) in [6, 6.07) is 17.0. The number of fused-ring (bicyclic) bond motifs is 2. The van der Waals surface area contributed by atoms with Gasteiger partial charge in [-0.1, -0.05) is 31.5 Å². The van der Waals surface area contributed by atoms with Crippen molar-refractivity contribution >= 4 is 54.6 Å². The lowest BCUT2D eigenvalue weighted by Gasteiger charge is -2.17. The zero-order chi connectivity index (χ0) is 24.3. The molecule has 0 radical (unpaired) electrons. The molecule has 2 N–H and O–H groups in total. The fourth-order valence-corrected chi connectivity index (χ4v) is 4.94. The predicted octanol–water partition coefficient (Wildman–Crippen LogP) is 5.59. The lowest BCUT2D eigenvalue weighted by atomic mass is 10.1. The topological polar surface area (TPSA) is 123 Å². The maximum atomic E-state index is 12.3. The van der Waals surface area contributed by atoms with E-state index in [1.165, 1.54) is 19.2 Å². The Labute approximate surface area is 197 Å². The summed E-state index contributed by atoms with van der Waals surface area (Å²) in [5, 5.41) is 16.2.